The van der Waals surface area contributed by atoms with Gasteiger partial charge in [0, 0.05) is 28.5 Å². The molecule has 0 unspecified atom stereocenters. The summed E-state index contributed by atoms with van der Waals surface area (Å²) in [5.74, 6) is 7.66. The van der Waals surface area contributed by atoms with Crippen LogP contribution in [0.3, 0.4) is 0 Å². The Bertz CT molecular complexity index is 1410. The summed E-state index contributed by atoms with van der Waals surface area (Å²) in [6, 6.07) is 14.9. The quantitative estimate of drug-likeness (QED) is 0.283. The van der Waals surface area contributed by atoms with Gasteiger partial charge in [0.2, 0.25) is 0 Å². The Morgan fingerprint density at radius 2 is 1.91 bits per heavy atom. The fraction of sp³-hybridized carbons (Fsp3) is 0.222. The Morgan fingerprint density at radius 3 is 2.63 bits per heavy atom. The van der Waals surface area contributed by atoms with Gasteiger partial charge < -0.3 is 15.8 Å². The highest BCUT2D eigenvalue weighted by atomic mass is 35.5. The lowest BCUT2D eigenvalue weighted by molar-refractivity contribution is 0.263. The monoisotopic (exact) mass is 486 g/mol. The maximum absolute atomic E-state index is 6.46. The number of ether oxygens (including phenoxy) is 1. The Hall–Kier alpha value is -3.86. The predicted octanol–water partition coefficient (Wildman–Crippen LogP) is 5.27. The lowest BCUT2D eigenvalue weighted by Gasteiger charge is -2.26. The molecule has 0 bridgehead atoms. The number of nitrogens with one attached hydrogen (secondary N) is 1. The normalized spacial score (nSPS) is 11.3. The predicted molar refractivity (Wildman–Crippen MR) is 142 cm³/mol. The Balaban J connectivity index is 1.56. The van der Waals surface area contributed by atoms with E-state index in [1.807, 2.05) is 56.6 Å². The van der Waals surface area contributed by atoms with Crippen LogP contribution in [0.1, 0.15) is 25.1 Å². The zero-order valence-electron chi connectivity index (χ0n) is 20.1. The van der Waals surface area contributed by atoms with Crippen molar-refractivity contribution in [3.63, 3.8) is 0 Å². The van der Waals surface area contributed by atoms with E-state index in [2.05, 4.69) is 50.9 Å². The van der Waals surface area contributed by atoms with E-state index in [1.54, 1.807) is 12.3 Å². The molecule has 2 aromatic heterocycles. The lowest BCUT2D eigenvalue weighted by Crippen LogP contribution is -2.36. The van der Waals surface area contributed by atoms with Crippen molar-refractivity contribution in [2.24, 2.45) is 0 Å². The van der Waals surface area contributed by atoms with Gasteiger partial charge in [0.25, 0.3) is 0 Å². The molecule has 2 aromatic carbocycles. The number of benzene rings is 2. The molecule has 0 spiro atoms. The minimum absolute atomic E-state index is 0.285. The van der Waals surface area contributed by atoms with Crippen molar-refractivity contribution >= 4 is 39.7 Å². The lowest BCUT2D eigenvalue weighted by atomic mass is 10.0. The van der Waals surface area contributed by atoms with Crippen LogP contribution in [0, 0.1) is 11.8 Å². The van der Waals surface area contributed by atoms with Crippen LogP contribution in [0.4, 0.5) is 17.2 Å². The third-order valence-electron chi connectivity index (χ3n) is 5.72. The van der Waals surface area contributed by atoms with Crippen LogP contribution >= 0.6 is 11.6 Å². The molecule has 0 atom stereocenters. The minimum atomic E-state index is -0.285. The number of rotatable bonds is 6. The largest absolute Gasteiger partial charge is 0.486 e. The smallest absolute Gasteiger partial charge is 0.141 e. The molecule has 4 aromatic rings. The summed E-state index contributed by atoms with van der Waals surface area (Å²) < 4.78 is 5.81. The van der Waals surface area contributed by atoms with Crippen LogP contribution < -0.4 is 15.8 Å². The topological polar surface area (TPSA) is 89.2 Å². The van der Waals surface area contributed by atoms with E-state index in [1.165, 1.54) is 6.33 Å². The number of anilines is 3. The first-order valence-electron chi connectivity index (χ1n) is 11.1. The van der Waals surface area contributed by atoms with Gasteiger partial charge in [0.05, 0.1) is 21.8 Å². The van der Waals surface area contributed by atoms with Crippen LogP contribution in [0.2, 0.25) is 5.02 Å². The van der Waals surface area contributed by atoms with Crippen molar-refractivity contribution in [2.45, 2.75) is 26.0 Å². The molecule has 3 N–H and O–H groups in total. The number of halogens is 1. The zero-order chi connectivity index (χ0) is 25.0. The maximum atomic E-state index is 6.46. The summed E-state index contributed by atoms with van der Waals surface area (Å²) in [5.41, 5.74) is 9.67. The van der Waals surface area contributed by atoms with Crippen LogP contribution in [0.15, 0.2) is 61.1 Å². The van der Waals surface area contributed by atoms with Gasteiger partial charge in [-0.2, -0.15) is 0 Å². The number of fused-ring (bicyclic) bond motifs is 1. The summed E-state index contributed by atoms with van der Waals surface area (Å²) in [5, 5.41) is 4.57. The molecule has 8 heteroatoms. The number of nitrogens with zero attached hydrogens (tertiary/aromatic N) is 4. The van der Waals surface area contributed by atoms with Crippen LogP contribution in [0.25, 0.3) is 10.9 Å². The van der Waals surface area contributed by atoms with Gasteiger partial charge in [-0.15, -0.1) is 0 Å². The second-order valence-electron chi connectivity index (χ2n) is 8.76. The first-order valence-corrected chi connectivity index (χ1v) is 11.4. The van der Waals surface area contributed by atoms with Crippen molar-refractivity contribution in [1.29, 1.82) is 0 Å². The fourth-order valence-electron chi connectivity index (χ4n) is 3.13. The molecule has 35 heavy (non-hydrogen) atoms. The molecule has 178 valence electrons. The van der Waals surface area contributed by atoms with E-state index in [0.717, 1.165) is 27.8 Å². The van der Waals surface area contributed by atoms with Crippen molar-refractivity contribution in [2.75, 3.05) is 25.1 Å². The first-order chi connectivity index (χ1) is 16.7. The molecule has 0 saturated carbocycles. The second-order valence-corrected chi connectivity index (χ2v) is 9.17. The SMILES string of the molecule is CN(C)C(C)(C)C#Cc1cc2ncnc(Nc3ccc(OCc4ccccn4)c(Cl)c3)c2cc1N. The summed E-state index contributed by atoms with van der Waals surface area (Å²) in [4.78, 5) is 15.1. The minimum Gasteiger partial charge on any atom is -0.486 e. The molecule has 0 aliphatic carbocycles. The van der Waals surface area contributed by atoms with Gasteiger partial charge in [-0.25, -0.2) is 9.97 Å². The third-order valence-corrected chi connectivity index (χ3v) is 6.02. The molecule has 0 fully saturated rings. The van der Waals surface area contributed by atoms with Crippen molar-refractivity contribution in [1.82, 2.24) is 19.9 Å². The first kappa shape index (κ1) is 24.3. The van der Waals surface area contributed by atoms with E-state index in [0.29, 0.717) is 28.9 Å². The molecule has 7 nitrogen and oxygen atoms in total. The van der Waals surface area contributed by atoms with Crippen LogP contribution in [-0.2, 0) is 6.61 Å². The molecule has 0 aliphatic rings. The van der Waals surface area contributed by atoms with E-state index in [-0.39, 0.29) is 5.54 Å². The number of hydrogen-bond acceptors (Lipinski definition) is 7. The van der Waals surface area contributed by atoms with E-state index in [9.17, 15) is 0 Å². The molecule has 0 amide bonds. The molecule has 0 aliphatic heterocycles. The molecular formula is C27H27ClN6O. The number of nitrogens with two attached hydrogens (primary N) is 1. The summed E-state index contributed by atoms with van der Waals surface area (Å²) in [6.07, 6.45) is 3.24. The summed E-state index contributed by atoms with van der Waals surface area (Å²) >= 11 is 6.46. The van der Waals surface area contributed by atoms with Crippen molar-refractivity contribution in [3.05, 3.63) is 77.3 Å². The average molecular weight is 487 g/mol. The van der Waals surface area contributed by atoms with Gasteiger partial charge in [0.1, 0.15) is 24.5 Å². The maximum Gasteiger partial charge on any atom is 0.141 e. The fourth-order valence-corrected chi connectivity index (χ4v) is 3.36. The highest BCUT2D eigenvalue weighted by Gasteiger charge is 2.17. The van der Waals surface area contributed by atoms with Gasteiger partial charge in [0.15, 0.2) is 0 Å². The molecule has 0 saturated heterocycles. The van der Waals surface area contributed by atoms with Crippen molar-refractivity contribution < 1.29 is 4.74 Å². The van der Waals surface area contributed by atoms with Gasteiger partial charge >= 0.3 is 0 Å². The standard InChI is InChI=1S/C27H27ClN6O/c1-27(2,34(3)4)11-10-18-13-24-21(15-23(18)29)26(32-17-31-24)33-19-8-9-25(22(28)14-19)35-16-20-7-5-6-12-30-20/h5-9,12-15,17H,16,29H2,1-4H3,(H,31,32,33). The Morgan fingerprint density at radius 1 is 1.09 bits per heavy atom. The van der Waals surface area contributed by atoms with Gasteiger partial charge in [-0.1, -0.05) is 29.5 Å². The molecular weight excluding hydrogens is 460 g/mol. The Kier molecular flexibility index (Phi) is 7.06. The van der Waals surface area contributed by atoms with Crippen molar-refractivity contribution in [3.8, 4) is 17.6 Å². The van der Waals surface area contributed by atoms with E-state index >= 15 is 0 Å². The highest BCUT2D eigenvalue weighted by molar-refractivity contribution is 6.32. The zero-order valence-corrected chi connectivity index (χ0v) is 20.9. The molecule has 4 rings (SSSR count). The average Bonchev–Trinajstić information content (AvgIpc) is 2.83. The number of aromatic nitrogens is 3. The van der Waals surface area contributed by atoms with Gasteiger partial charge in [-0.3, -0.25) is 9.88 Å². The number of nitrogen functional groups attached to an aromatic ring is 1. The highest BCUT2D eigenvalue weighted by Crippen LogP contribution is 2.32. The molecule has 2 heterocycles. The second kappa shape index (κ2) is 10.2. The Labute approximate surface area is 210 Å². The van der Waals surface area contributed by atoms with E-state index in [4.69, 9.17) is 22.1 Å². The van der Waals surface area contributed by atoms with Crippen LogP contribution in [-0.4, -0.2) is 39.5 Å². The summed E-state index contributed by atoms with van der Waals surface area (Å²) in [7, 11) is 3.99. The number of pyridine rings is 1. The van der Waals surface area contributed by atoms with E-state index < -0.39 is 0 Å². The molecule has 0 radical (unpaired) electrons. The van der Waals surface area contributed by atoms with Gasteiger partial charge in [-0.05, 0) is 70.4 Å². The van der Waals surface area contributed by atoms with Crippen LogP contribution in [0.5, 0.6) is 5.75 Å². The third kappa shape index (κ3) is 5.80. The summed E-state index contributed by atoms with van der Waals surface area (Å²) in [6.45, 7) is 4.45. The number of hydrogen-bond donors (Lipinski definition) is 2.